The molecule has 3 aromatic heterocycles. The van der Waals surface area contributed by atoms with Gasteiger partial charge >= 0.3 is 6.09 Å². The number of ether oxygens (including phenoxy) is 2. The minimum atomic E-state index is -3.15. The summed E-state index contributed by atoms with van der Waals surface area (Å²) in [5.74, 6) is 0.959. The minimum absolute atomic E-state index is 0.0207. The molecule has 1 fully saturated rings. The predicted octanol–water partition coefficient (Wildman–Crippen LogP) is 2.12. The van der Waals surface area contributed by atoms with Crippen LogP contribution in [0.2, 0.25) is 0 Å². The molecule has 12 heteroatoms. The largest absolute Gasteiger partial charge is 0.474 e. The molecule has 0 radical (unpaired) electrons. The molecule has 1 atom stereocenters. The van der Waals surface area contributed by atoms with Gasteiger partial charge in [-0.05, 0) is 36.4 Å². The molecular formula is C21H22N6O5S. The zero-order chi connectivity index (χ0) is 23.2. The molecule has 0 spiro atoms. The standard InChI is InChI=1S/C21H22N6O5S/c1-11-14(8-25-20-18(11)23-3-4-31-20)16-6-12-7-17(24-9-15(12)19(22)26-16)27-21(28)32-13-2-5-33(29,30)10-13/h6-9,13,23H,2-5,10H2,1H3,(H2,22,26)(H,24,27,28)/t13-/m0/s1. The molecule has 5 heterocycles. The summed E-state index contributed by atoms with van der Waals surface area (Å²) in [5.41, 5.74) is 9.37. The molecule has 0 aliphatic carbocycles. The van der Waals surface area contributed by atoms with E-state index in [1.54, 1.807) is 12.3 Å². The van der Waals surface area contributed by atoms with Gasteiger partial charge in [0.25, 0.3) is 0 Å². The van der Waals surface area contributed by atoms with Gasteiger partial charge in [-0.3, -0.25) is 5.32 Å². The Balaban J connectivity index is 1.42. The summed E-state index contributed by atoms with van der Waals surface area (Å²) in [6.07, 6.45) is 2.10. The highest BCUT2D eigenvalue weighted by Gasteiger charge is 2.30. The Morgan fingerprint density at radius 1 is 1.30 bits per heavy atom. The molecule has 0 bridgehead atoms. The minimum Gasteiger partial charge on any atom is -0.474 e. The van der Waals surface area contributed by atoms with Crippen molar-refractivity contribution >= 4 is 44.0 Å². The lowest BCUT2D eigenvalue weighted by Crippen LogP contribution is -2.23. The Labute approximate surface area is 189 Å². The van der Waals surface area contributed by atoms with Crippen molar-refractivity contribution in [3.63, 3.8) is 0 Å². The molecule has 3 aromatic rings. The van der Waals surface area contributed by atoms with Crippen LogP contribution in [0.4, 0.5) is 22.1 Å². The zero-order valence-corrected chi connectivity index (χ0v) is 18.6. The van der Waals surface area contributed by atoms with Gasteiger partial charge in [0.05, 0.1) is 17.2 Å². The second-order valence-corrected chi connectivity index (χ2v) is 10.2. The Morgan fingerprint density at radius 3 is 2.94 bits per heavy atom. The quantitative estimate of drug-likeness (QED) is 0.517. The first-order chi connectivity index (χ1) is 15.8. The number of nitrogens with zero attached hydrogens (tertiary/aromatic N) is 3. The van der Waals surface area contributed by atoms with Crippen molar-refractivity contribution in [3.05, 3.63) is 30.1 Å². The van der Waals surface area contributed by atoms with Gasteiger partial charge in [-0.15, -0.1) is 0 Å². The van der Waals surface area contributed by atoms with Gasteiger partial charge in [-0.2, -0.15) is 0 Å². The van der Waals surface area contributed by atoms with E-state index in [9.17, 15) is 13.2 Å². The fourth-order valence-corrected chi connectivity index (χ4v) is 5.59. The van der Waals surface area contributed by atoms with Crippen LogP contribution in [0, 0.1) is 6.92 Å². The van der Waals surface area contributed by atoms with Crippen molar-refractivity contribution in [1.82, 2.24) is 15.0 Å². The number of carbonyl (C=O) groups excluding carboxylic acids is 1. The van der Waals surface area contributed by atoms with E-state index in [1.165, 1.54) is 6.20 Å². The molecule has 11 nitrogen and oxygen atoms in total. The summed E-state index contributed by atoms with van der Waals surface area (Å²) < 4.78 is 33.9. The number of anilines is 3. The van der Waals surface area contributed by atoms with Gasteiger partial charge in [-0.25, -0.2) is 28.2 Å². The maximum atomic E-state index is 12.2. The van der Waals surface area contributed by atoms with Crippen LogP contribution in [0.25, 0.3) is 22.0 Å². The molecule has 1 amide bonds. The number of sulfone groups is 1. The van der Waals surface area contributed by atoms with Crippen LogP contribution < -0.4 is 21.1 Å². The molecule has 0 unspecified atom stereocenters. The second-order valence-electron chi connectivity index (χ2n) is 7.99. The number of aromatic nitrogens is 3. The number of pyridine rings is 3. The molecule has 1 saturated heterocycles. The fourth-order valence-electron chi connectivity index (χ4n) is 4.00. The molecule has 5 rings (SSSR count). The highest BCUT2D eigenvalue weighted by molar-refractivity contribution is 7.91. The van der Waals surface area contributed by atoms with Gasteiger partial charge in [0.1, 0.15) is 30.0 Å². The van der Waals surface area contributed by atoms with E-state index >= 15 is 0 Å². The topological polar surface area (TPSA) is 158 Å². The molecule has 4 N–H and O–H groups in total. The molecule has 0 saturated carbocycles. The zero-order valence-electron chi connectivity index (χ0n) is 17.8. The lowest BCUT2D eigenvalue weighted by atomic mass is 10.0. The van der Waals surface area contributed by atoms with Crippen LogP contribution in [-0.2, 0) is 14.6 Å². The third-order valence-electron chi connectivity index (χ3n) is 5.66. The van der Waals surface area contributed by atoms with Gasteiger partial charge in [0.2, 0.25) is 5.88 Å². The third-order valence-corrected chi connectivity index (χ3v) is 7.40. The van der Waals surface area contributed by atoms with Gasteiger partial charge in [-0.1, -0.05) is 0 Å². The van der Waals surface area contributed by atoms with E-state index in [2.05, 4.69) is 25.6 Å². The van der Waals surface area contributed by atoms with E-state index in [1.807, 2.05) is 13.0 Å². The fraction of sp³-hybridized carbons (Fsp3) is 0.333. The smallest absolute Gasteiger partial charge is 0.413 e. The lowest BCUT2D eigenvalue weighted by Gasteiger charge is -2.21. The first kappa shape index (κ1) is 21.2. The van der Waals surface area contributed by atoms with E-state index in [0.29, 0.717) is 47.7 Å². The van der Waals surface area contributed by atoms with Crippen LogP contribution in [0.5, 0.6) is 5.88 Å². The molecule has 2 aliphatic heterocycles. The molecular weight excluding hydrogens is 448 g/mol. The summed E-state index contributed by atoms with van der Waals surface area (Å²) in [7, 11) is -3.15. The molecule has 33 heavy (non-hydrogen) atoms. The van der Waals surface area contributed by atoms with Crippen molar-refractivity contribution < 1.29 is 22.7 Å². The molecule has 2 aliphatic rings. The maximum absolute atomic E-state index is 12.2. The number of amides is 1. The Kier molecular flexibility index (Phi) is 5.16. The SMILES string of the molecule is Cc1c(-c2cc3cc(NC(=O)O[C@H]4CCS(=O)(=O)C4)ncc3c(N)n2)cnc2c1NCCO2. The van der Waals surface area contributed by atoms with E-state index < -0.39 is 22.0 Å². The van der Waals surface area contributed by atoms with Crippen molar-refractivity contribution in [3.8, 4) is 17.1 Å². The normalized spacial score (nSPS) is 18.8. The van der Waals surface area contributed by atoms with Crippen molar-refractivity contribution in [2.75, 3.05) is 41.0 Å². The number of nitrogens with one attached hydrogen (secondary N) is 2. The van der Waals surface area contributed by atoms with Gasteiger partial charge in [0, 0.05) is 29.9 Å². The number of carbonyl (C=O) groups is 1. The summed E-state index contributed by atoms with van der Waals surface area (Å²) in [6.45, 7) is 3.20. The number of rotatable bonds is 3. The summed E-state index contributed by atoms with van der Waals surface area (Å²) in [6, 6.07) is 3.50. The highest BCUT2D eigenvalue weighted by atomic mass is 32.2. The Hall–Kier alpha value is -3.67. The van der Waals surface area contributed by atoms with Crippen molar-refractivity contribution in [2.24, 2.45) is 0 Å². The number of nitrogen functional groups attached to an aromatic ring is 1. The Morgan fingerprint density at radius 2 is 2.15 bits per heavy atom. The predicted molar refractivity (Wildman–Crippen MR) is 123 cm³/mol. The Bertz CT molecular complexity index is 1380. The highest BCUT2D eigenvalue weighted by Crippen LogP contribution is 2.36. The third kappa shape index (κ3) is 4.21. The number of fused-ring (bicyclic) bond motifs is 2. The average molecular weight is 471 g/mol. The summed E-state index contributed by atoms with van der Waals surface area (Å²) >= 11 is 0. The van der Waals surface area contributed by atoms with Crippen LogP contribution in [0.3, 0.4) is 0 Å². The summed E-state index contributed by atoms with van der Waals surface area (Å²) in [4.78, 5) is 25.3. The molecule has 172 valence electrons. The summed E-state index contributed by atoms with van der Waals surface area (Å²) in [5, 5.41) is 7.20. The van der Waals surface area contributed by atoms with Crippen molar-refractivity contribution in [2.45, 2.75) is 19.4 Å². The van der Waals surface area contributed by atoms with E-state index in [-0.39, 0.29) is 17.3 Å². The number of hydrogen-bond acceptors (Lipinski definition) is 10. The van der Waals surface area contributed by atoms with Gasteiger partial charge in [0.15, 0.2) is 9.84 Å². The first-order valence-corrected chi connectivity index (χ1v) is 12.2. The second kappa shape index (κ2) is 8.03. The average Bonchev–Trinajstić information content (AvgIpc) is 3.11. The van der Waals surface area contributed by atoms with E-state index in [0.717, 1.165) is 16.8 Å². The first-order valence-electron chi connectivity index (χ1n) is 10.4. The van der Waals surface area contributed by atoms with Crippen LogP contribution in [-0.4, -0.2) is 60.2 Å². The molecule has 0 aromatic carbocycles. The van der Waals surface area contributed by atoms with Crippen molar-refractivity contribution in [1.29, 1.82) is 0 Å². The monoisotopic (exact) mass is 470 g/mol. The number of nitrogens with two attached hydrogens (primary N) is 1. The lowest BCUT2D eigenvalue weighted by molar-refractivity contribution is 0.124. The van der Waals surface area contributed by atoms with Crippen LogP contribution in [0.1, 0.15) is 12.0 Å². The van der Waals surface area contributed by atoms with E-state index in [4.69, 9.17) is 15.2 Å². The number of hydrogen-bond donors (Lipinski definition) is 3. The maximum Gasteiger partial charge on any atom is 0.413 e. The van der Waals surface area contributed by atoms with Gasteiger partial charge < -0.3 is 20.5 Å². The van der Waals surface area contributed by atoms with Crippen LogP contribution >= 0.6 is 0 Å². The van der Waals surface area contributed by atoms with Crippen LogP contribution in [0.15, 0.2) is 24.5 Å².